The van der Waals surface area contributed by atoms with Crippen LogP contribution in [0.4, 0.5) is 6.01 Å². The van der Waals surface area contributed by atoms with Crippen LogP contribution in [0.25, 0.3) is 11.5 Å². The zero-order valence-electron chi connectivity index (χ0n) is 5.91. The van der Waals surface area contributed by atoms with Gasteiger partial charge in [-0.3, -0.25) is 5.10 Å². The van der Waals surface area contributed by atoms with Gasteiger partial charge in [0.15, 0.2) is 5.76 Å². The van der Waals surface area contributed by atoms with E-state index in [0.717, 1.165) is 10.2 Å². The summed E-state index contributed by atoms with van der Waals surface area (Å²) < 4.78 is 5.89. The maximum atomic E-state index is 5.31. The van der Waals surface area contributed by atoms with E-state index < -0.39 is 0 Å². The Labute approximate surface area is 76.1 Å². The van der Waals surface area contributed by atoms with Crippen molar-refractivity contribution in [2.45, 2.75) is 0 Å². The minimum Gasteiger partial charge on any atom is -0.422 e. The molecule has 0 atom stereocenters. The number of nitrogens with zero attached hydrogens (tertiary/aromatic N) is 2. The van der Waals surface area contributed by atoms with Crippen molar-refractivity contribution in [1.82, 2.24) is 15.2 Å². The van der Waals surface area contributed by atoms with Crippen LogP contribution >= 0.6 is 15.9 Å². The Morgan fingerprint density at radius 1 is 1.50 bits per heavy atom. The van der Waals surface area contributed by atoms with Crippen molar-refractivity contribution in [2.75, 3.05) is 5.73 Å². The summed E-state index contributed by atoms with van der Waals surface area (Å²) in [4.78, 5) is 3.76. The second kappa shape index (κ2) is 2.63. The van der Waals surface area contributed by atoms with E-state index in [0.29, 0.717) is 5.76 Å². The lowest BCUT2D eigenvalue weighted by molar-refractivity contribution is 0.592. The molecule has 5 nitrogen and oxygen atoms in total. The van der Waals surface area contributed by atoms with E-state index in [1.807, 2.05) is 0 Å². The van der Waals surface area contributed by atoms with Gasteiger partial charge in [0.2, 0.25) is 0 Å². The van der Waals surface area contributed by atoms with E-state index in [1.165, 1.54) is 6.20 Å². The monoisotopic (exact) mass is 228 g/mol. The molecule has 62 valence electrons. The van der Waals surface area contributed by atoms with Crippen molar-refractivity contribution in [3.63, 3.8) is 0 Å². The smallest absolute Gasteiger partial charge is 0.292 e. The standard InChI is InChI=1S/C6H5BrN4O/c7-3-1-10-11-5(3)4-2-9-6(8)12-4/h1-2H,(H2,8,9)(H,10,11). The molecule has 0 aliphatic carbocycles. The van der Waals surface area contributed by atoms with Crippen LogP contribution in [0.5, 0.6) is 0 Å². The fourth-order valence-corrected chi connectivity index (χ4v) is 1.23. The van der Waals surface area contributed by atoms with Crippen molar-refractivity contribution in [3.8, 4) is 11.5 Å². The molecule has 3 N–H and O–H groups in total. The third-order valence-corrected chi connectivity index (χ3v) is 1.96. The average Bonchev–Trinajstić information content (AvgIpc) is 2.58. The Hall–Kier alpha value is -1.30. The maximum absolute atomic E-state index is 5.31. The van der Waals surface area contributed by atoms with Crippen LogP contribution in [-0.2, 0) is 0 Å². The van der Waals surface area contributed by atoms with Gasteiger partial charge in [0.05, 0.1) is 16.9 Å². The third kappa shape index (κ3) is 1.10. The maximum Gasteiger partial charge on any atom is 0.292 e. The number of nitrogen functional groups attached to an aromatic ring is 1. The number of anilines is 1. The van der Waals surface area contributed by atoms with Crippen LogP contribution in [0.3, 0.4) is 0 Å². The van der Waals surface area contributed by atoms with E-state index in [1.54, 1.807) is 6.20 Å². The van der Waals surface area contributed by atoms with E-state index in [4.69, 9.17) is 10.2 Å². The Bertz CT molecular complexity index is 394. The highest BCUT2D eigenvalue weighted by atomic mass is 79.9. The first-order chi connectivity index (χ1) is 5.77. The van der Waals surface area contributed by atoms with Gasteiger partial charge >= 0.3 is 0 Å². The molecule has 0 amide bonds. The van der Waals surface area contributed by atoms with Gasteiger partial charge in [0.25, 0.3) is 6.01 Å². The highest BCUT2D eigenvalue weighted by Gasteiger charge is 2.09. The fourth-order valence-electron chi connectivity index (χ4n) is 0.847. The summed E-state index contributed by atoms with van der Waals surface area (Å²) in [5, 5.41) is 6.56. The van der Waals surface area contributed by atoms with E-state index >= 15 is 0 Å². The zero-order valence-corrected chi connectivity index (χ0v) is 7.50. The number of H-pyrrole nitrogens is 1. The second-order valence-corrected chi connectivity index (χ2v) is 3.01. The van der Waals surface area contributed by atoms with Crippen LogP contribution in [0.2, 0.25) is 0 Å². The molecule has 0 unspecified atom stereocenters. The SMILES string of the molecule is Nc1ncc(-c2[nH]ncc2Br)o1. The molecule has 0 spiro atoms. The molecule has 0 saturated heterocycles. The number of rotatable bonds is 1. The molecule has 0 aliphatic rings. The average molecular weight is 229 g/mol. The number of halogens is 1. The lowest BCUT2D eigenvalue weighted by Gasteiger charge is -1.88. The summed E-state index contributed by atoms with van der Waals surface area (Å²) in [7, 11) is 0. The van der Waals surface area contributed by atoms with Gasteiger partial charge in [-0.2, -0.15) is 5.10 Å². The first kappa shape index (κ1) is 7.35. The van der Waals surface area contributed by atoms with Gasteiger partial charge in [-0.15, -0.1) is 0 Å². The van der Waals surface area contributed by atoms with E-state index in [9.17, 15) is 0 Å². The zero-order chi connectivity index (χ0) is 8.55. The minimum atomic E-state index is 0.145. The number of aromatic amines is 1. The van der Waals surface area contributed by atoms with Crippen molar-refractivity contribution in [2.24, 2.45) is 0 Å². The number of aromatic nitrogens is 3. The summed E-state index contributed by atoms with van der Waals surface area (Å²) in [6.45, 7) is 0. The lowest BCUT2D eigenvalue weighted by Crippen LogP contribution is -1.80. The molecule has 12 heavy (non-hydrogen) atoms. The van der Waals surface area contributed by atoms with E-state index in [2.05, 4.69) is 31.1 Å². The first-order valence-corrected chi connectivity index (χ1v) is 3.97. The Balaban J connectivity index is 2.50. The highest BCUT2D eigenvalue weighted by molar-refractivity contribution is 9.10. The molecule has 0 radical (unpaired) electrons. The van der Waals surface area contributed by atoms with E-state index in [-0.39, 0.29) is 6.01 Å². The third-order valence-electron chi connectivity index (χ3n) is 1.36. The van der Waals surface area contributed by atoms with Gasteiger partial charge in [-0.25, -0.2) is 4.98 Å². The van der Waals surface area contributed by atoms with Crippen LogP contribution in [0.1, 0.15) is 0 Å². The first-order valence-electron chi connectivity index (χ1n) is 3.18. The molecule has 0 aliphatic heterocycles. The number of oxazole rings is 1. The normalized spacial score (nSPS) is 10.4. The molecule has 0 bridgehead atoms. The summed E-state index contributed by atoms with van der Waals surface area (Å²) >= 11 is 3.29. The highest BCUT2D eigenvalue weighted by Crippen LogP contribution is 2.26. The summed E-state index contributed by atoms with van der Waals surface area (Å²) in [5.74, 6) is 0.567. The van der Waals surface area contributed by atoms with Gasteiger partial charge in [-0.1, -0.05) is 0 Å². The Morgan fingerprint density at radius 3 is 2.83 bits per heavy atom. The molecule has 2 heterocycles. The summed E-state index contributed by atoms with van der Waals surface area (Å²) in [6.07, 6.45) is 3.17. The van der Waals surface area contributed by atoms with Crippen LogP contribution in [-0.4, -0.2) is 15.2 Å². The Morgan fingerprint density at radius 2 is 2.33 bits per heavy atom. The summed E-state index contributed by atoms with van der Waals surface area (Å²) in [5.41, 5.74) is 6.04. The molecule has 2 aromatic rings. The molecular formula is C6H5BrN4O. The fraction of sp³-hybridized carbons (Fsp3) is 0. The van der Waals surface area contributed by atoms with Gasteiger partial charge < -0.3 is 10.2 Å². The predicted molar refractivity (Wildman–Crippen MR) is 46.2 cm³/mol. The molecule has 6 heteroatoms. The molecule has 0 saturated carbocycles. The second-order valence-electron chi connectivity index (χ2n) is 2.16. The van der Waals surface area contributed by atoms with Crippen LogP contribution < -0.4 is 5.73 Å². The van der Waals surface area contributed by atoms with Gasteiger partial charge in [0, 0.05) is 0 Å². The molecule has 2 rings (SSSR count). The predicted octanol–water partition coefficient (Wildman–Crippen LogP) is 1.41. The van der Waals surface area contributed by atoms with Crippen molar-refractivity contribution < 1.29 is 4.42 Å². The van der Waals surface area contributed by atoms with Crippen molar-refractivity contribution >= 4 is 21.9 Å². The van der Waals surface area contributed by atoms with Crippen molar-refractivity contribution in [3.05, 3.63) is 16.9 Å². The lowest BCUT2D eigenvalue weighted by atomic mass is 10.4. The van der Waals surface area contributed by atoms with Crippen LogP contribution in [0, 0.1) is 0 Å². The molecule has 2 aromatic heterocycles. The van der Waals surface area contributed by atoms with Crippen molar-refractivity contribution in [1.29, 1.82) is 0 Å². The van der Waals surface area contributed by atoms with Gasteiger partial charge in [-0.05, 0) is 15.9 Å². The Kier molecular flexibility index (Phi) is 1.61. The topological polar surface area (TPSA) is 80.7 Å². The van der Waals surface area contributed by atoms with Crippen LogP contribution in [0.15, 0.2) is 21.3 Å². The quantitative estimate of drug-likeness (QED) is 0.774. The number of hydrogen-bond donors (Lipinski definition) is 2. The number of hydrogen-bond acceptors (Lipinski definition) is 4. The summed E-state index contributed by atoms with van der Waals surface area (Å²) in [6, 6.07) is 0.145. The number of nitrogens with two attached hydrogens (primary N) is 1. The molecular weight excluding hydrogens is 224 g/mol. The number of nitrogens with one attached hydrogen (secondary N) is 1. The largest absolute Gasteiger partial charge is 0.422 e. The van der Waals surface area contributed by atoms with Gasteiger partial charge in [0.1, 0.15) is 5.69 Å². The minimum absolute atomic E-state index is 0.145. The molecule has 0 aromatic carbocycles. The molecule has 0 fully saturated rings.